The number of aromatic hydroxyl groups is 2. The number of hydrogen-bond acceptors (Lipinski definition) is 8. The van der Waals surface area contributed by atoms with Gasteiger partial charge in [-0.05, 0) is 17.7 Å². The van der Waals surface area contributed by atoms with E-state index < -0.39 is 16.9 Å². The lowest BCUT2D eigenvalue weighted by atomic mass is 10.1. The van der Waals surface area contributed by atoms with Crippen molar-refractivity contribution in [3.8, 4) is 45.8 Å². The van der Waals surface area contributed by atoms with E-state index in [0.29, 0.717) is 11.3 Å². The molecule has 1 aliphatic rings. The number of ether oxygens (including phenoxy) is 4. The molecule has 4 rings (SSSR count). The van der Waals surface area contributed by atoms with Crippen LogP contribution in [0.3, 0.4) is 0 Å². The lowest BCUT2D eigenvalue weighted by Gasteiger charge is -2.16. The highest BCUT2D eigenvalue weighted by atomic mass is 16.5. The number of rotatable bonds is 5. The third-order valence-electron chi connectivity index (χ3n) is 4.80. The molecule has 0 saturated carbocycles. The van der Waals surface area contributed by atoms with Gasteiger partial charge in [-0.25, -0.2) is 0 Å². The molecule has 8 nitrogen and oxygen atoms in total. The molecular formula is C20H18O8. The maximum atomic E-state index is 12.9. The van der Waals surface area contributed by atoms with Crippen molar-refractivity contribution in [3.05, 3.63) is 33.5 Å². The van der Waals surface area contributed by atoms with E-state index in [2.05, 4.69) is 0 Å². The number of phenols is 1. The summed E-state index contributed by atoms with van der Waals surface area (Å²) >= 11 is 0. The Labute approximate surface area is 159 Å². The Morgan fingerprint density at radius 1 is 0.893 bits per heavy atom. The molecule has 8 heteroatoms. The highest BCUT2D eigenvalue weighted by Gasteiger charge is 2.30. The average molecular weight is 386 g/mol. The molecule has 0 aliphatic heterocycles. The van der Waals surface area contributed by atoms with E-state index in [0.717, 1.165) is 17.5 Å². The highest BCUT2D eigenvalue weighted by molar-refractivity contribution is 5.96. The normalized spacial score (nSPS) is 11.9. The van der Waals surface area contributed by atoms with Crippen LogP contribution >= 0.6 is 0 Å². The van der Waals surface area contributed by atoms with Crippen molar-refractivity contribution < 1.29 is 33.6 Å². The third kappa shape index (κ3) is 2.34. The van der Waals surface area contributed by atoms with Gasteiger partial charge in [0.1, 0.15) is 11.1 Å². The van der Waals surface area contributed by atoms with Crippen LogP contribution in [-0.4, -0.2) is 38.7 Å². The quantitative estimate of drug-likeness (QED) is 0.539. The summed E-state index contributed by atoms with van der Waals surface area (Å²) in [6.07, 6.45) is 0.770. The first-order valence-electron chi connectivity index (χ1n) is 8.37. The maximum Gasteiger partial charge on any atom is 0.239 e. The summed E-state index contributed by atoms with van der Waals surface area (Å²) in [6, 6.07) is 3.47. The molecule has 146 valence electrons. The Balaban J connectivity index is 2.10. The van der Waals surface area contributed by atoms with E-state index in [9.17, 15) is 15.0 Å². The van der Waals surface area contributed by atoms with E-state index in [1.165, 1.54) is 21.3 Å². The monoisotopic (exact) mass is 386 g/mol. The van der Waals surface area contributed by atoms with E-state index in [-0.39, 0.29) is 34.0 Å². The Kier molecular flexibility index (Phi) is 3.99. The minimum absolute atomic E-state index is 0.0133. The first-order valence-corrected chi connectivity index (χ1v) is 8.37. The van der Waals surface area contributed by atoms with E-state index >= 15 is 0 Å². The van der Waals surface area contributed by atoms with Crippen molar-refractivity contribution in [3.63, 3.8) is 0 Å². The molecule has 1 heterocycles. The van der Waals surface area contributed by atoms with Crippen LogP contribution in [0.2, 0.25) is 0 Å². The summed E-state index contributed by atoms with van der Waals surface area (Å²) in [5, 5.41) is 21.0. The van der Waals surface area contributed by atoms with Crippen LogP contribution in [0.15, 0.2) is 21.3 Å². The number of phenolic OH excluding ortho intramolecular Hbond substituents is 1. The molecule has 0 unspecified atom stereocenters. The zero-order valence-corrected chi connectivity index (χ0v) is 15.7. The second-order valence-corrected chi connectivity index (χ2v) is 6.25. The van der Waals surface area contributed by atoms with Crippen molar-refractivity contribution in [2.45, 2.75) is 6.42 Å². The Bertz CT molecular complexity index is 1180. The summed E-state index contributed by atoms with van der Waals surface area (Å²) in [6.45, 7) is 0. The van der Waals surface area contributed by atoms with Gasteiger partial charge < -0.3 is 33.6 Å². The fourth-order valence-corrected chi connectivity index (χ4v) is 3.39. The predicted molar refractivity (Wildman–Crippen MR) is 100 cm³/mol. The molecule has 3 aromatic rings. The van der Waals surface area contributed by atoms with Crippen molar-refractivity contribution >= 4 is 11.0 Å². The Hall–Kier alpha value is -3.55. The third-order valence-corrected chi connectivity index (χ3v) is 4.80. The maximum absolute atomic E-state index is 12.9. The fourth-order valence-electron chi connectivity index (χ4n) is 3.39. The first-order chi connectivity index (χ1) is 13.5. The number of benzene rings is 2. The lowest BCUT2D eigenvalue weighted by molar-refractivity contribution is 0.311. The van der Waals surface area contributed by atoms with Crippen LogP contribution in [0.4, 0.5) is 0 Å². The van der Waals surface area contributed by atoms with Crippen molar-refractivity contribution in [2.24, 2.45) is 0 Å². The molecule has 1 aliphatic carbocycles. The summed E-state index contributed by atoms with van der Waals surface area (Å²) in [7, 11) is 5.55. The van der Waals surface area contributed by atoms with Gasteiger partial charge in [0, 0.05) is 17.5 Å². The van der Waals surface area contributed by atoms with Crippen LogP contribution < -0.4 is 24.4 Å². The molecule has 0 saturated heterocycles. The molecular weight excluding hydrogens is 368 g/mol. The largest absolute Gasteiger partial charge is 0.502 e. The Morgan fingerprint density at radius 3 is 2.18 bits per heavy atom. The summed E-state index contributed by atoms with van der Waals surface area (Å²) in [5.41, 5.74) is 1.61. The second kappa shape index (κ2) is 6.26. The Morgan fingerprint density at radius 2 is 1.57 bits per heavy atom. The summed E-state index contributed by atoms with van der Waals surface area (Å²) in [5.74, 6) is -0.544. The molecule has 2 aromatic carbocycles. The van der Waals surface area contributed by atoms with E-state index in [4.69, 9.17) is 23.4 Å². The zero-order valence-electron chi connectivity index (χ0n) is 15.7. The molecule has 0 amide bonds. The average Bonchev–Trinajstić information content (AvgIpc) is 3.49. The SMILES string of the molecule is COc1cc(-c2oc3c(O)c(OC)c(OC)c(OC)c3c(=O)c2O)cc2c1C2. The molecule has 2 N–H and O–H groups in total. The predicted octanol–water partition coefficient (Wildman–Crippen LogP) is 2.81. The molecule has 0 fully saturated rings. The van der Waals surface area contributed by atoms with Crippen LogP contribution in [0.25, 0.3) is 22.3 Å². The van der Waals surface area contributed by atoms with E-state index in [1.807, 2.05) is 0 Å². The number of fused-ring (bicyclic) bond motifs is 2. The van der Waals surface area contributed by atoms with Gasteiger partial charge in [-0.15, -0.1) is 0 Å². The van der Waals surface area contributed by atoms with Gasteiger partial charge >= 0.3 is 0 Å². The summed E-state index contributed by atoms with van der Waals surface area (Å²) < 4.78 is 26.8. The summed E-state index contributed by atoms with van der Waals surface area (Å²) in [4.78, 5) is 12.9. The second-order valence-electron chi connectivity index (χ2n) is 6.25. The standard InChI is InChI=1S/C20H18O8/c1-24-11-7-9(5-8-6-10(8)11)16-14(22)13(21)12-17(28-16)15(23)19(26-3)20(27-4)18(12)25-2/h5,7,22-23H,6H2,1-4H3. The van der Waals surface area contributed by atoms with Gasteiger partial charge in [-0.3, -0.25) is 4.79 Å². The fraction of sp³-hybridized carbons (Fsp3) is 0.250. The van der Waals surface area contributed by atoms with Crippen LogP contribution in [-0.2, 0) is 6.42 Å². The molecule has 0 bridgehead atoms. The first kappa shape index (κ1) is 17.8. The van der Waals surface area contributed by atoms with Crippen molar-refractivity contribution in [2.75, 3.05) is 28.4 Å². The molecule has 0 atom stereocenters. The molecule has 0 spiro atoms. The zero-order chi connectivity index (χ0) is 20.2. The minimum Gasteiger partial charge on any atom is -0.502 e. The molecule has 0 radical (unpaired) electrons. The van der Waals surface area contributed by atoms with Crippen LogP contribution in [0.1, 0.15) is 11.1 Å². The van der Waals surface area contributed by atoms with Crippen molar-refractivity contribution in [1.29, 1.82) is 0 Å². The topological polar surface area (TPSA) is 108 Å². The van der Waals surface area contributed by atoms with Crippen LogP contribution in [0, 0.1) is 0 Å². The van der Waals surface area contributed by atoms with Gasteiger partial charge in [-0.2, -0.15) is 0 Å². The lowest BCUT2D eigenvalue weighted by Crippen LogP contribution is -2.07. The molecule has 1 aromatic heterocycles. The number of methoxy groups -OCH3 is 4. The number of hydrogen-bond donors (Lipinski definition) is 2. The van der Waals surface area contributed by atoms with Crippen LogP contribution in [0.5, 0.6) is 34.5 Å². The minimum atomic E-state index is -0.770. The smallest absolute Gasteiger partial charge is 0.239 e. The highest BCUT2D eigenvalue weighted by Crippen LogP contribution is 2.51. The van der Waals surface area contributed by atoms with Gasteiger partial charge in [-0.1, -0.05) is 0 Å². The van der Waals surface area contributed by atoms with Gasteiger partial charge in [0.25, 0.3) is 0 Å². The van der Waals surface area contributed by atoms with Gasteiger partial charge in [0.15, 0.2) is 17.1 Å². The van der Waals surface area contributed by atoms with Gasteiger partial charge in [0.05, 0.1) is 28.4 Å². The van der Waals surface area contributed by atoms with Gasteiger partial charge in [0.2, 0.25) is 28.4 Å². The van der Waals surface area contributed by atoms with E-state index in [1.54, 1.807) is 19.2 Å². The van der Waals surface area contributed by atoms with Crippen molar-refractivity contribution in [1.82, 2.24) is 0 Å². The molecule has 28 heavy (non-hydrogen) atoms.